The number of imidazole rings is 1. The number of hydrogen-bond acceptors (Lipinski definition) is 4. The maximum Gasteiger partial charge on any atom is 0.240 e. The summed E-state index contributed by atoms with van der Waals surface area (Å²) in [5, 5.41) is 0. The Morgan fingerprint density at radius 3 is 2.73 bits per heavy atom. The van der Waals surface area contributed by atoms with Crippen molar-refractivity contribution < 1.29 is 13.2 Å². The van der Waals surface area contributed by atoms with Crippen LogP contribution in [0.3, 0.4) is 0 Å². The molecule has 2 aromatic rings. The van der Waals surface area contributed by atoms with Crippen LogP contribution < -0.4 is 4.72 Å². The lowest BCUT2D eigenvalue weighted by Crippen LogP contribution is -2.55. The average Bonchev–Trinajstić information content (AvgIpc) is 2.77. The minimum absolute atomic E-state index is 0.168. The molecule has 1 amide bonds. The third-order valence-corrected chi connectivity index (χ3v) is 4.53. The smallest absolute Gasteiger partial charge is 0.240 e. The van der Waals surface area contributed by atoms with Crippen LogP contribution in [0, 0.1) is 0 Å². The summed E-state index contributed by atoms with van der Waals surface area (Å²) in [5.41, 5.74) is 1.89. The Balaban J connectivity index is 1.63. The molecule has 22 heavy (non-hydrogen) atoms. The Morgan fingerprint density at radius 1 is 1.41 bits per heavy atom. The number of hydrogen-bond donors (Lipinski definition) is 2. The van der Waals surface area contributed by atoms with Crippen LogP contribution in [0.2, 0.25) is 0 Å². The Morgan fingerprint density at radius 2 is 2.09 bits per heavy atom. The number of likely N-dealkylation sites (tertiary alicyclic amines) is 1. The molecule has 0 radical (unpaired) electrons. The molecule has 8 heteroatoms. The van der Waals surface area contributed by atoms with E-state index < -0.39 is 16.1 Å². The summed E-state index contributed by atoms with van der Waals surface area (Å²) in [4.78, 5) is 21.6. The second kappa shape index (κ2) is 5.36. The molecule has 1 aliphatic rings. The zero-order valence-electron chi connectivity index (χ0n) is 12.4. The molecule has 0 unspecified atom stereocenters. The molecule has 2 heterocycles. The molecule has 3 rings (SSSR count). The number of benzene rings is 1. The average molecular weight is 322 g/mol. The monoisotopic (exact) mass is 322 g/mol. The van der Waals surface area contributed by atoms with Crippen molar-refractivity contribution >= 4 is 27.0 Å². The predicted octanol–water partition coefficient (Wildman–Crippen LogP) is 0.426. The summed E-state index contributed by atoms with van der Waals surface area (Å²) in [5.74, 6) is 0.827. The van der Waals surface area contributed by atoms with Crippen molar-refractivity contribution in [1.29, 1.82) is 0 Å². The minimum atomic E-state index is -3.39. The summed E-state index contributed by atoms with van der Waals surface area (Å²) in [6.07, 6.45) is 1.05. The van der Waals surface area contributed by atoms with Gasteiger partial charge < -0.3 is 9.88 Å². The number of rotatable bonds is 4. The molecule has 1 atom stereocenters. The quantitative estimate of drug-likeness (QED) is 0.853. The fraction of sp³-hybridized carbons (Fsp3) is 0.429. The van der Waals surface area contributed by atoms with Crippen LogP contribution in [0.4, 0.5) is 0 Å². The van der Waals surface area contributed by atoms with Crippen molar-refractivity contribution in [2.75, 3.05) is 19.3 Å². The Hall–Kier alpha value is -1.93. The molecular weight excluding hydrogens is 304 g/mol. The highest BCUT2D eigenvalue weighted by atomic mass is 32.2. The highest BCUT2D eigenvalue weighted by molar-refractivity contribution is 7.88. The molecule has 0 saturated carbocycles. The number of aromatic nitrogens is 2. The van der Waals surface area contributed by atoms with Gasteiger partial charge in [0.1, 0.15) is 5.82 Å². The van der Waals surface area contributed by atoms with Crippen LogP contribution in [0.1, 0.15) is 18.7 Å². The van der Waals surface area contributed by atoms with Gasteiger partial charge in [0.25, 0.3) is 0 Å². The second-order valence-electron chi connectivity index (χ2n) is 5.69. The summed E-state index contributed by atoms with van der Waals surface area (Å²) >= 11 is 0. The van der Waals surface area contributed by atoms with Crippen LogP contribution in [-0.4, -0.2) is 54.6 Å². The van der Waals surface area contributed by atoms with E-state index in [0.717, 1.165) is 23.1 Å². The van der Waals surface area contributed by atoms with Crippen LogP contribution in [0.15, 0.2) is 24.3 Å². The normalized spacial score (nSPS) is 17.5. The molecule has 2 N–H and O–H groups in total. The fourth-order valence-electron chi connectivity index (χ4n) is 2.64. The van der Waals surface area contributed by atoms with E-state index in [4.69, 9.17) is 0 Å². The molecule has 1 fully saturated rings. The largest absolute Gasteiger partial charge is 0.342 e. The summed E-state index contributed by atoms with van der Waals surface area (Å²) < 4.78 is 24.6. The number of H-pyrrole nitrogens is 1. The zero-order valence-corrected chi connectivity index (χ0v) is 13.2. The van der Waals surface area contributed by atoms with Crippen LogP contribution in [-0.2, 0) is 14.8 Å². The fourth-order valence-corrected chi connectivity index (χ4v) is 3.39. The van der Waals surface area contributed by atoms with Crippen molar-refractivity contribution in [2.24, 2.45) is 0 Å². The lowest BCUT2D eigenvalue weighted by molar-refractivity contribution is -0.137. The summed E-state index contributed by atoms with van der Waals surface area (Å²) in [6.45, 7) is 2.65. The van der Waals surface area contributed by atoms with E-state index in [1.807, 2.05) is 24.3 Å². The molecule has 0 bridgehead atoms. The van der Waals surface area contributed by atoms with Gasteiger partial charge in [0.15, 0.2) is 0 Å². The van der Waals surface area contributed by atoms with Crippen molar-refractivity contribution in [3.63, 3.8) is 0 Å². The zero-order chi connectivity index (χ0) is 15.9. The number of carbonyl (C=O) groups excluding carboxylic acids is 1. The van der Waals surface area contributed by atoms with Crippen molar-refractivity contribution in [1.82, 2.24) is 19.6 Å². The van der Waals surface area contributed by atoms with E-state index >= 15 is 0 Å². The van der Waals surface area contributed by atoms with Gasteiger partial charge in [0.05, 0.1) is 29.2 Å². The number of aromatic amines is 1. The highest BCUT2D eigenvalue weighted by Gasteiger charge is 2.36. The predicted molar refractivity (Wildman–Crippen MR) is 82.9 cm³/mol. The van der Waals surface area contributed by atoms with Gasteiger partial charge >= 0.3 is 0 Å². The number of fused-ring (bicyclic) bond motifs is 1. The molecule has 1 aromatic heterocycles. The molecule has 1 saturated heterocycles. The van der Waals surface area contributed by atoms with Gasteiger partial charge in [0.2, 0.25) is 15.9 Å². The Kier molecular flexibility index (Phi) is 3.65. The topological polar surface area (TPSA) is 95.2 Å². The lowest BCUT2D eigenvalue weighted by Gasteiger charge is -2.39. The van der Waals surface area contributed by atoms with Gasteiger partial charge in [-0.25, -0.2) is 18.1 Å². The highest BCUT2D eigenvalue weighted by Crippen LogP contribution is 2.27. The van der Waals surface area contributed by atoms with E-state index in [1.165, 1.54) is 0 Å². The third kappa shape index (κ3) is 2.97. The lowest BCUT2D eigenvalue weighted by atomic mass is 9.98. The first-order valence-corrected chi connectivity index (χ1v) is 8.93. The first-order valence-electron chi connectivity index (χ1n) is 7.04. The maximum absolute atomic E-state index is 12.1. The molecule has 118 valence electrons. The number of nitrogens with one attached hydrogen (secondary N) is 2. The third-order valence-electron chi connectivity index (χ3n) is 3.75. The van der Waals surface area contributed by atoms with E-state index in [0.29, 0.717) is 13.1 Å². The molecule has 0 spiro atoms. The Labute approximate surface area is 128 Å². The van der Waals surface area contributed by atoms with Crippen molar-refractivity contribution in [3.8, 4) is 0 Å². The number of sulfonamides is 1. The number of para-hydroxylation sites is 2. The van der Waals surface area contributed by atoms with E-state index in [9.17, 15) is 13.2 Å². The van der Waals surface area contributed by atoms with Crippen LogP contribution in [0.5, 0.6) is 0 Å². The van der Waals surface area contributed by atoms with E-state index in [2.05, 4.69) is 14.7 Å². The molecule has 1 aromatic carbocycles. The first kappa shape index (κ1) is 15.0. The van der Waals surface area contributed by atoms with Gasteiger partial charge in [-0.3, -0.25) is 4.79 Å². The second-order valence-corrected chi connectivity index (χ2v) is 7.47. The van der Waals surface area contributed by atoms with Crippen molar-refractivity contribution in [2.45, 2.75) is 18.9 Å². The van der Waals surface area contributed by atoms with Crippen LogP contribution >= 0.6 is 0 Å². The van der Waals surface area contributed by atoms with Gasteiger partial charge in [-0.1, -0.05) is 12.1 Å². The van der Waals surface area contributed by atoms with E-state index in [1.54, 1.807) is 11.8 Å². The SMILES string of the molecule is C[C@H](NS(C)(=O)=O)C(=O)N1CC(c2nc3ccccc3[nH]2)C1. The molecule has 7 nitrogen and oxygen atoms in total. The Bertz CT molecular complexity index is 775. The summed E-state index contributed by atoms with van der Waals surface area (Å²) in [6, 6.07) is 7.04. The standard InChI is InChI=1S/C14H18N4O3S/c1-9(17-22(2,20)21)14(19)18-7-10(8-18)13-15-11-5-3-4-6-12(11)16-13/h3-6,9-10,17H,7-8H2,1-2H3,(H,15,16)/t9-/m0/s1. The van der Waals surface area contributed by atoms with Gasteiger partial charge in [-0.2, -0.15) is 0 Å². The van der Waals surface area contributed by atoms with Crippen molar-refractivity contribution in [3.05, 3.63) is 30.1 Å². The van der Waals surface area contributed by atoms with Gasteiger partial charge in [-0.05, 0) is 19.1 Å². The maximum atomic E-state index is 12.1. The van der Waals surface area contributed by atoms with Gasteiger partial charge in [0, 0.05) is 13.1 Å². The molecule has 0 aliphatic carbocycles. The number of carbonyl (C=O) groups is 1. The first-order chi connectivity index (χ1) is 10.3. The number of amides is 1. The van der Waals surface area contributed by atoms with Crippen LogP contribution in [0.25, 0.3) is 11.0 Å². The molecular formula is C14H18N4O3S. The van der Waals surface area contributed by atoms with E-state index in [-0.39, 0.29) is 11.8 Å². The molecule has 1 aliphatic heterocycles. The van der Waals surface area contributed by atoms with Gasteiger partial charge in [-0.15, -0.1) is 0 Å². The minimum Gasteiger partial charge on any atom is -0.342 e. The summed E-state index contributed by atoms with van der Waals surface area (Å²) in [7, 11) is -3.39. The number of nitrogens with zero attached hydrogens (tertiary/aromatic N) is 2.